The number of nitrogens with one attached hydrogen (secondary N) is 1. The number of carbonyl (C=O) groups excluding carboxylic acids is 1. The van der Waals surface area contributed by atoms with Gasteiger partial charge < -0.3 is 14.8 Å². The topological polar surface area (TPSA) is 50.8 Å². The maximum Gasteiger partial charge on any atom is 0.224 e. The summed E-state index contributed by atoms with van der Waals surface area (Å²) >= 11 is 0. The Bertz CT molecular complexity index is 682. The Labute approximate surface area is 154 Å². The van der Waals surface area contributed by atoms with Gasteiger partial charge in [-0.15, -0.1) is 0 Å². The van der Waals surface area contributed by atoms with E-state index in [9.17, 15) is 4.79 Å². The lowest BCUT2D eigenvalue weighted by Gasteiger charge is -2.31. The standard InChI is InChI=1S/C21H26N2O3/c1-25-19-9-7-17(8-10-19)15-21(24)22-20(18-5-3-2-4-6-18)16-23-11-13-26-14-12-23/h2-10,20H,11-16H2,1H3,(H,22,24). The zero-order valence-corrected chi connectivity index (χ0v) is 15.2. The van der Waals surface area contributed by atoms with Crippen LogP contribution in [0.15, 0.2) is 54.6 Å². The summed E-state index contributed by atoms with van der Waals surface area (Å²) in [4.78, 5) is 14.9. The van der Waals surface area contributed by atoms with E-state index in [4.69, 9.17) is 9.47 Å². The molecule has 2 aromatic rings. The van der Waals surface area contributed by atoms with Gasteiger partial charge in [-0.2, -0.15) is 0 Å². The number of amides is 1. The summed E-state index contributed by atoms with van der Waals surface area (Å²) in [7, 11) is 1.64. The van der Waals surface area contributed by atoms with Crippen LogP contribution in [0.2, 0.25) is 0 Å². The van der Waals surface area contributed by atoms with Gasteiger partial charge in [0, 0.05) is 19.6 Å². The molecule has 1 aliphatic rings. The molecule has 2 aromatic carbocycles. The molecule has 3 rings (SSSR count). The van der Waals surface area contributed by atoms with Gasteiger partial charge in [-0.3, -0.25) is 9.69 Å². The van der Waals surface area contributed by atoms with Crippen molar-refractivity contribution >= 4 is 5.91 Å². The quantitative estimate of drug-likeness (QED) is 0.830. The Morgan fingerprint density at radius 2 is 1.81 bits per heavy atom. The number of morpholine rings is 1. The summed E-state index contributed by atoms with van der Waals surface area (Å²) in [5.74, 6) is 0.820. The highest BCUT2D eigenvalue weighted by Gasteiger charge is 2.20. The van der Waals surface area contributed by atoms with Crippen molar-refractivity contribution in [3.8, 4) is 5.75 Å². The van der Waals surface area contributed by atoms with Gasteiger partial charge in [-0.05, 0) is 23.3 Å². The number of hydrogen-bond acceptors (Lipinski definition) is 4. The Balaban J connectivity index is 1.64. The molecule has 5 nitrogen and oxygen atoms in total. The molecule has 138 valence electrons. The number of rotatable bonds is 7. The predicted molar refractivity (Wildman–Crippen MR) is 101 cm³/mol. The van der Waals surface area contributed by atoms with E-state index < -0.39 is 0 Å². The van der Waals surface area contributed by atoms with Gasteiger partial charge in [0.05, 0.1) is 32.8 Å². The van der Waals surface area contributed by atoms with Crippen LogP contribution in [0.1, 0.15) is 17.2 Å². The van der Waals surface area contributed by atoms with Crippen LogP contribution in [0.25, 0.3) is 0 Å². The SMILES string of the molecule is COc1ccc(CC(=O)NC(CN2CCOCC2)c2ccccc2)cc1. The van der Waals surface area contributed by atoms with Crippen molar-refractivity contribution in [1.29, 1.82) is 0 Å². The number of carbonyl (C=O) groups is 1. The molecule has 0 aromatic heterocycles. The highest BCUT2D eigenvalue weighted by Crippen LogP contribution is 2.16. The molecule has 1 atom stereocenters. The minimum absolute atomic E-state index is 0.0253. The largest absolute Gasteiger partial charge is 0.497 e. The van der Waals surface area contributed by atoms with Crippen LogP contribution in [0, 0.1) is 0 Å². The lowest BCUT2D eigenvalue weighted by molar-refractivity contribution is -0.121. The van der Waals surface area contributed by atoms with Crippen LogP contribution < -0.4 is 10.1 Å². The first-order valence-corrected chi connectivity index (χ1v) is 9.02. The second-order valence-electron chi connectivity index (χ2n) is 6.47. The van der Waals surface area contributed by atoms with Gasteiger partial charge in [0.15, 0.2) is 0 Å². The summed E-state index contributed by atoms with van der Waals surface area (Å²) in [5, 5.41) is 3.21. The van der Waals surface area contributed by atoms with Gasteiger partial charge in [0.2, 0.25) is 5.91 Å². The molecule has 1 aliphatic heterocycles. The van der Waals surface area contributed by atoms with E-state index in [0.717, 1.165) is 49.7 Å². The molecule has 0 radical (unpaired) electrons. The second kappa shape index (κ2) is 9.36. The number of nitrogens with zero attached hydrogens (tertiary/aromatic N) is 1. The Kier molecular flexibility index (Phi) is 6.63. The van der Waals surface area contributed by atoms with E-state index in [1.807, 2.05) is 42.5 Å². The Hall–Kier alpha value is -2.37. The molecule has 0 spiro atoms. The minimum atomic E-state index is -0.0277. The molecule has 1 N–H and O–H groups in total. The smallest absolute Gasteiger partial charge is 0.224 e. The fourth-order valence-electron chi connectivity index (χ4n) is 3.14. The zero-order valence-electron chi connectivity index (χ0n) is 15.2. The van der Waals surface area contributed by atoms with Crippen molar-refractivity contribution < 1.29 is 14.3 Å². The third-order valence-corrected chi connectivity index (χ3v) is 4.61. The third-order valence-electron chi connectivity index (χ3n) is 4.61. The van der Waals surface area contributed by atoms with E-state index in [-0.39, 0.29) is 11.9 Å². The first-order chi connectivity index (χ1) is 12.7. The van der Waals surface area contributed by atoms with Gasteiger partial charge in [0.1, 0.15) is 5.75 Å². The fourth-order valence-corrected chi connectivity index (χ4v) is 3.14. The molecule has 0 saturated carbocycles. The van der Waals surface area contributed by atoms with Crippen molar-refractivity contribution in [3.63, 3.8) is 0 Å². The molecule has 1 heterocycles. The number of benzene rings is 2. The number of ether oxygens (including phenoxy) is 2. The maximum atomic E-state index is 12.6. The fraction of sp³-hybridized carbons (Fsp3) is 0.381. The molecule has 0 bridgehead atoms. The number of hydrogen-bond donors (Lipinski definition) is 1. The summed E-state index contributed by atoms with van der Waals surface area (Å²) in [6.07, 6.45) is 0.358. The van der Waals surface area contributed by atoms with E-state index in [0.29, 0.717) is 6.42 Å². The highest BCUT2D eigenvalue weighted by atomic mass is 16.5. The van der Waals surface area contributed by atoms with E-state index >= 15 is 0 Å². The summed E-state index contributed by atoms with van der Waals surface area (Å²) < 4.78 is 10.6. The lowest BCUT2D eigenvalue weighted by atomic mass is 10.0. The van der Waals surface area contributed by atoms with Crippen LogP contribution >= 0.6 is 0 Å². The van der Waals surface area contributed by atoms with Crippen molar-refractivity contribution in [2.24, 2.45) is 0 Å². The van der Waals surface area contributed by atoms with Crippen molar-refractivity contribution in [2.75, 3.05) is 40.0 Å². The van der Waals surface area contributed by atoms with E-state index in [1.54, 1.807) is 7.11 Å². The van der Waals surface area contributed by atoms with Crippen molar-refractivity contribution in [1.82, 2.24) is 10.2 Å². The summed E-state index contributed by atoms with van der Waals surface area (Å²) in [6, 6.07) is 17.7. The molecule has 1 amide bonds. The van der Waals surface area contributed by atoms with Crippen LogP contribution in [0.4, 0.5) is 0 Å². The van der Waals surface area contributed by atoms with Gasteiger partial charge in [-0.1, -0.05) is 42.5 Å². The maximum absolute atomic E-state index is 12.6. The predicted octanol–water partition coefficient (Wildman–Crippen LogP) is 2.43. The van der Waals surface area contributed by atoms with Gasteiger partial charge in [0.25, 0.3) is 0 Å². The zero-order chi connectivity index (χ0) is 18.2. The molecule has 0 aliphatic carbocycles. The lowest BCUT2D eigenvalue weighted by Crippen LogP contribution is -2.43. The van der Waals surface area contributed by atoms with E-state index in [2.05, 4.69) is 22.3 Å². The van der Waals surface area contributed by atoms with Crippen LogP contribution in [-0.2, 0) is 16.0 Å². The molecule has 1 fully saturated rings. The van der Waals surface area contributed by atoms with Crippen molar-refractivity contribution in [3.05, 3.63) is 65.7 Å². The van der Waals surface area contributed by atoms with Crippen LogP contribution in [0.5, 0.6) is 5.75 Å². The molecular formula is C21H26N2O3. The molecule has 1 saturated heterocycles. The molecule has 5 heteroatoms. The van der Waals surface area contributed by atoms with E-state index in [1.165, 1.54) is 0 Å². The monoisotopic (exact) mass is 354 g/mol. The summed E-state index contributed by atoms with van der Waals surface area (Å²) in [5.41, 5.74) is 2.10. The van der Waals surface area contributed by atoms with Crippen molar-refractivity contribution in [2.45, 2.75) is 12.5 Å². The normalized spacial score (nSPS) is 16.0. The number of methoxy groups -OCH3 is 1. The Morgan fingerprint density at radius 1 is 1.12 bits per heavy atom. The average Bonchev–Trinajstić information content (AvgIpc) is 2.69. The van der Waals surface area contributed by atoms with Crippen LogP contribution in [-0.4, -0.2) is 50.8 Å². The molecular weight excluding hydrogens is 328 g/mol. The first-order valence-electron chi connectivity index (χ1n) is 9.02. The molecule has 26 heavy (non-hydrogen) atoms. The highest BCUT2D eigenvalue weighted by molar-refractivity contribution is 5.79. The first kappa shape index (κ1) is 18.4. The summed E-state index contributed by atoms with van der Waals surface area (Å²) in [6.45, 7) is 4.10. The second-order valence-corrected chi connectivity index (χ2v) is 6.47. The molecule has 1 unspecified atom stereocenters. The van der Waals surface area contributed by atoms with Crippen LogP contribution in [0.3, 0.4) is 0 Å². The Morgan fingerprint density at radius 3 is 2.46 bits per heavy atom. The third kappa shape index (κ3) is 5.31. The van der Waals surface area contributed by atoms with Gasteiger partial charge >= 0.3 is 0 Å². The minimum Gasteiger partial charge on any atom is -0.497 e. The average molecular weight is 354 g/mol. The van der Waals surface area contributed by atoms with Gasteiger partial charge in [-0.25, -0.2) is 0 Å².